The predicted molar refractivity (Wildman–Crippen MR) is 71.6 cm³/mol. The number of carbonyl (C=O) groups is 2. The van der Waals surface area contributed by atoms with Crippen LogP contribution in [0.25, 0.3) is 0 Å². The van der Waals surface area contributed by atoms with Gasteiger partial charge in [0.25, 0.3) is 5.91 Å². The molecule has 1 aromatic rings. The summed E-state index contributed by atoms with van der Waals surface area (Å²) in [6.07, 6.45) is -1.66. The number of nitrogens with one attached hydrogen (secondary N) is 1. The van der Waals surface area contributed by atoms with E-state index in [1.165, 1.54) is 19.2 Å². The molecule has 1 heterocycles. The van der Waals surface area contributed by atoms with Crippen LogP contribution >= 0.6 is 0 Å². The normalized spacial score (nSPS) is 23.3. The lowest BCUT2D eigenvalue weighted by Crippen LogP contribution is -2.40. The van der Waals surface area contributed by atoms with E-state index in [1.807, 2.05) is 0 Å². The van der Waals surface area contributed by atoms with E-state index in [4.69, 9.17) is 4.74 Å². The molecule has 0 radical (unpaired) electrons. The van der Waals surface area contributed by atoms with Crippen LogP contribution in [-0.4, -0.2) is 40.3 Å². The van der Waals surface area contributed by atoms with Crippen molar-refractivity contribution in [2.75, 3.05) is 7.11 Å². The van der Waals surface area contributed by atoms with Crippen LogP contribution in [0.4, 0.5) is 0 Å². The minimum Gasteiger partial charge on any atom is -0.504 e. The molecule has 2 amide bonds. The first kappa shape index (κ1) is 15.3. The Labute approximate surface area is 121 Å². The largest absolute Gasteiger partial charge is 0.504 e. The fraction of sp³-hybridized carbons (Fsp3) is 0.429. The summed E-state index contributed by atoms with van der Waals surface area (Å²) in [5, 5.41) is 31.2. The smallest absolute Gasteiger partial charge is 0.255 e. The van der Waals surface area contributed by atoms with Gasteiger partial charge in [-0.2, -0.15) is 0 Å². The Bertz CT molecular complexity index is 571. The number of phenols is 2. The third-order valence-electron chi connectivity index (χ3n) is 3.48. The number of aliphatic hydroxyl groups excluding tert-OH is 1. The second-order valence-electron chi connectivity index (χ2n) is 4.94. The van der Waals surface area contributed by atoms with Crippen molar-refractivity contribution in [1.29, 1.82) is 0 Å². The number of phenolic OH excluding ortho intramolecular Hbond substituents is 2. The van der Waals surface area contributed by atoms with Crippen molar-refractivity contribution in [3.63, 3.8) is 0 Å². The minimum absolute atomic E-state index is 0.0397. The summed E-state index contributed by atoms with van der Waals surface area (Å²) in [5.74, 6) is -1.94. The van der Waals surface area contributed by atoms with Crippen molar-refractivity contribution in [1.82, 2.24) is 5.32 Å². The van der Waals surface area contributed by atoms with Gasteiger partial charge < -0.3 is 20.1 Å². The lowest BCUT2D eigenvalue weighted by atomic mass is 9.93. The molecule has 21 heavy (non-hydrogen) atoms. The van der Waals surface area contributed by atoms with E-state index in [-0.39, 0.29) is 24.3 Å². The van der Waals surface area contributed by atoms with Gasteiger partial charge in [0.2, 0.25) is 5.91 Å². The van der Waals surface area contributed by atoms with Crippen LogP contribution in [0.15, 0.2) is 12.1 Å². The molecule has 0 fully saturated rings. The Morgan fingerprint density at radius 2 is 1.90 bits per heavy atom. The average molecular weight is 295 g/mol. The van der Waals surface area contributed by atoms with E-state index in [1.54, 1.807) is 0 Å². The highest BCUT2D eigenvalue weighted by atomic mass is 16.5. The van der Waals surface area contributed by atoms with Crippen LogP contribution in [0.1, 0.15) is 30.1 Å². The molecule has 1 aliphatic heterocycles. The number of hydrogen-bond donors (Lipinski definition) is 4. The number of imide groups is 1. The molecular formula is C14H17NO6. The van der Waals surface area contributed by atoms with E-state index in [9.17, 15) is 24.9 Å². The van der Waals surface area contributed by atoms with Gasteiger partial charge in [-0.15, -0.1) is 0 Å². The number of methoxy groups -OCH3 is 1. The number of benzene rings is 1. The van der Waals surface area contributed by atoms with Crippen molar-refractivity contribution in [2.45, 2.75) is 31.5 Å². The molecular weight excluding hydrogens is 278 g/mol. The standard InChI is InChI=1S/C14H17NO6/c1-21-12-2-3-13(19)15-14(20)11(18)5-7-4-9(16)10(17)6-8(7)12/h4,6,11-12,16-18H,2-3,5H2,1H3,(H,15,19,20). The van der Waals surface area contributed by atoms with Gasteiger partial charge in [-0.25, -0.2) is 0 Å². The van der Waals surface area contributed by atoms with Gasteiger partial charge in [0, 0.05) is 20.0 Å². The van der Waals surface area contributed by atoms with Crippen molar-refractivity contribution in [3.05, 3.63) is 23.3 Å². The number of rotatable bonds is 1. The van der Waals surface area contributed by atoms with Crippen molar-refractivity contribution >= 4 is 11.8 Å². The second kappa shape index (κ2) is 6.11. The Morgan fingerprint density at radius 1 is 1.24 bits per heavy atom. The molecule has 4 N–H and O–H groups in total. The molecule has 2 rings (SSSR count). The van der Waals surface area contributed by atoms with E-state index in [0.717, 1.165) is 0 Å². The number of ether oxygens (including phenoxy) is 1. The van der Waals surface area contributed by atoms with Gasteiger partial charge in [-0.05, 0) is 29.7 Å². The average Bonchev–Trinajstić information content (AvgIpc) is 2.43. The van der Waals surface area contributed by atoms with Crippen LogP contribution in [0.3, 0.4) is 0 Å². The summed E-state index contributed by atoms with van der Waals surface area (Å²) >= 11 is 0. The maximum Gasteiger partial charge on any atom is 0.255 e. The molecule has 7 nitrogen and oxygen atoms in total. The first-order chi connectivity index (χ1) is 9.92. The molecule has 114 valence electrons. The summed E-state index contributed by atoms with van der Waals surface area (Å²) in [6.45, 7) is 0. The summed E-state index contributed by atoms with van der Waals surface area (Å²) in [5.41, 5.74) is 1.02. The molecule has 0 spiro atoms. The molecule has 2 atom stereocenters. The second-order valence-corrected chi connectivity index (χ2v) is 4.94. The van der Waals surface area contributed by atoms with Crippen LogP contribution in [-0.2, 0) is 20.7 Å². The van der Waals surface area contributed by atoms with Crippen LogP contribution in [0.5, 0.6) is 11.5 Å². The maximum atomic E-state index is 11.6. The zero-order valence-electron chi connectivity index (χ0n) is 11.5. The zero-order valence-corrected chi connectivity index (χ0v) is 11.5. The fourth-order valence-electron chi connectivity index (χ4n) is 2.36. The van der Waals surface area contributed by atoms with Crippen LogP contribution in [0.2, 0.25) is 0 Å². The lowest BCUT2D eigenvalue weighted by molar-refractivity contribution is -0.136. The van der Waals surface area contributed by atoms with Gasteiger partial charge in [-0.3, -0.25) is 14.9 Å². The summed E-state index contributed by atoms with van der Waals surface area (Å²) < 4.78 is 5.32. The van der Waals surface area contributed by atoms with E-state index < -0.39 is 24.0 Å². The van der Waals surface area contributed by atoms with Crippen molar-refractivity contribution < 1.29 is 29.6 Å². The topological polar surface area (TPSA) is 116 Å². The summed E-state index contributed by atoms with van der Waals surface area (Å²) in [4.78, 5) is 23.2. The fourth-order valence-corrected chi connectivity index (χ4v) is 2.36. The van der Waals surface area contributed by atoms with Gasteiger partial charge in [0.1, 0.15) is 6.10 Å². The molecule has 1 aliphatic rings. The van der Waals surface area contributed by atoms with Gasteiger partial charge in [-0.1, -0.05) is 0 Å². The van der Waals surface area contributed by atoms with E-state index in [0.29, 0.717) is 17.5 Å². The quantitative estimate of drug-likeness (QED) is 0.432. The predicted octanol–water partition coefficient (Wildman–Crippen LogP) is 0.125. The number of hydrogen-bond acceptors (Lipinski definition) is 6. The SMILES string of the molecule is COC1CCC(=O)NC(=O)C(O)Cc2cc(O)c(O)cc21. The highest BCUT2D eigenvalue weighted by Gasteiger charge is 2.26. The van der Waals surface area contributed by atoms with Crippen molar-refractivity contribution in [2.24, 2.45) is 0 Å². The summed E-state index contributed by atoms with van der Waals surface area (Å²) in [7, 11) is 1.46. The number of carbonyl (C=O) groups excluding carboxylic acids is 2. The maximum absolute atomic E-state index is 11.6. The van der Waals surface area contributed by atoms with Gasteiger partial charge >= 0.3 is 0 Å². The van der Waals surface area contributed by atoms with Gasteiger partial charge in [0.05, 0.1) is 6.10 Å². The highest BCUT2D eigenvalue weighted by molar-refractivity contribution is 5.97. The first-order valence-corrected chi connectivity index (χ1v) is 6.51. The van der Waals surface area contributed by atoms with Gasteiger partial charge in [0.15, 0.2) is 11.5 Å². The van der Waals surface area contributed by atoms with Crippen molar-refractivity contribution in [3.8, 4) is 11.5 Å². The Morgan fingerprint density at radius 3 is 2.57 bits per heavy atom. The van der Waals surface area contributed by atoms with Crippen LogP contribution < -0.4 is 5.32 Å². The molecule has 0 aliphatic carbocycles. The molecule has 7 heteroatoms. The highest BCUT2D eigenvalue weighted by Crippen LogP contribution is 2.35. The zero-order chi connectivity index (χ0) is 15.6. The number of amides is 2. The molecule has 2 unspecified atom stereocenters. The molecule has 0 bridgehead atoms. The Kier molecular flexibility index (Phi) is 4.44. The molecule has 0 saturated heterocycles. The van der Waals surface area contributed by atoms with E-state index in [2.05, 4.69) is 5.32 Å². The monoisotopic (exact) mass is 295 g/mol. The van der Waals surface area contributed by atoms with Crippen LogP contribution in [0, 0.1) is 0 Å². The minimum atomic E-state index is -1.42. The third kappa shape index (κ3) is 3.32. The Hall–Kier alpha value is -2.12. The molecule has 0 aromatic heterocycles. The first-order valence-electron chi connectivity index (χ1n) is 6.51. The lowest BCUT2D eigenvalue weighted by Gasteiger charge is -2.23. The number of fused-ring (bicyclic) bond motifs is 1. The summed E-state index contributed by atoms with van der Waals surface area (Å²) in [6, 6.07) is 2.62. The Balaban J connectivity index is 2.47. The molecule has 0 saturated carbocycles. The molecule has 1 aromatic carbocycles. The number of aliphatic hydroxyl groups is 1. The third-order valence-corrected chi connectivity index (χ3v) is 3.48. The number of aromatic hydroxyl groups is 2. The van der Waals surface area contributed by atoms with E-state index >= 15 is 0 Å².